The quantitative estimate of drug-likeness (QED) is 0.139. The van der Waals surface area contributed by atoms with Gasteiger partial charge in [0.1, 0.15) is 35.4 Å². The molecule has 7 nitrogen and oxygen atoms in total. The number of halogens is 1. The lowest BCUT2D eigenvalue weighted by atomic mass is 9.83. The summed E-state index contributed by atoms with van der Waals surface area (Å²) in [6.45, 7) is 0.404. The second kappa shape index (κ2) is 10.6. The number of benzene rings is 3. The molecule has 180 valence electrons. The van der Waals surface area contributed by atoms with Crippen LogP contribution in [0, 0.1) is 0 Å². The predicted octanol–water partition coefficient (Wildman–Crippen LogP) is 7.15. The van der Waals surface area contributed by atoms with E-state index in [2.05, 4.69) is 15.0 Å². The molecule has 0 saturated carbocycles. The summed E-state index contributed by atoms with van der Waals surface area (Å²) in [5, 5.41) is 5.60. The van der Waals surface area contributed by atoms with E-state index in [9.17, 15) is 5.53 Å². The molecule has 0 spiro atoms. The number of pyridine rings is 1. The highest BCUT2D eigenvalue weighted by molar-refractivity contribution is 6.35. The Kier molecular flexibility index (Phi) is 6.94. The van der Waals surface area contributed by atoms with Crippen molar-refractivity contribution >= 4 is 22.5 Å². The molecule has 2 heterocycles. The maximum absolute atomic E-state index is 9.63. The predicted molar refractivity (Wildman–Crippen MR) is 138 cm³/mol. The van der Waals surface area contributed by atoms with Crippen molar-refractivity contribution in [2.75, 3.05) is 6.79 Å². The van der Waals surface area contributed by atoms with Crippen LogP contribution < -0.4 is 4.74 Å². The van der Waals surface area contributed by atoms with E-state index in [1.807, 2.05) is 78.9 Å². The number of ether oxygens (including phenoxy) is 3. The number of rotatable bonds is 9. The average molecular weight is 499 g/mol. The first-order valence-electron chi connectivity index (χ1n) is 11.5. The largest absolute Gasteiger partial charge is 0.486 e. The molecule has 0 amide bonds. The van der Waals surface area contributed by atoms with E-state index in [-0.39, 0.29) is 13.2 Å². The molecule has 0 radical (unpaired) electrons. The Balaban J connectivity index is 1.63. The molecule has 36 heavy (non-hydrogen) atoms. The Morgan fingerprint density at radius 1 is 1.00 bits per heavy atom. The van der Waals surface area contributed by atoms with Crippen molar-refractivity contribution in [2.24, 2.45) is 5.11 Å². The van der Waals surface area contributed by atoms with Crippen LogP contribution in [0.15, 0.2) is 102 Å². The molecule has 1 aliphatic heterocycles. The molecule has 0 saturated heterocycles. The molecule has 1 aliphatic rings. The maximum Gasteiger partial charge on any atom is 0.229 e. The first kappa shape index (κ1) is 23.5. The molecule has 8 heteroatoms. The minimum Gasteiger partial charge on any atom is -0.486 e. The Bertz CT molecular complexity index is 1440. The van der Waals surface area contributed by atoms with Crippen LogP contribution in [0.4, 0.5) is 0 Å². The zero-order chi connectivity index (χ0) is 24.8. The van der Waals surface area contributed by atoms with Crippen molar-refractivity contribution < 1.29 is 14.2 Å². The van der Waals surface area contributed by atoms with E-state index in [1.165, 1.54) is 6.26 Å². The molecular weight excluding hydrogens is 476 g/mol. The Morgan fingerprint density at radius 3 is 2.44 bits per heavy atom. The zero-order valence-corrected chi connectivity index (χ0v) is 20.1. The van der Waals surface area contributed by atoms with Gasteiger partial charge < -0.3 is 14.2 Å². The highest BCUT2D eigenvalue weighted by Gasteiger charge is 2.39. The van der Waals surface area contributed by atoms with Gasteiger partial charge in [-0.1, -0.05) is 77.4 Å². The summed E-state index contributed by atoms with van der Waals surface area (Å²) in [6, 6.07) is 25.3. The zero-order valence-electron chi connectivity index (χ0n) is 19.4. The lowest BCUT2D eigenvalue weighted by Crippen LogP contribution is -2.35. The second-order valence-electron chi connectivity index (χ2n) is 8.49. The van der Waals surface area contributed by atoms with Gasteiger partial charge in [0.2, 0.25) is 6.79 Å². The van der Waals surface area contributed by atoms with E-state index >= 15 is 0 Å². The van der Waals surface area contributed by atoms with Crippen LogP contribution in [0.5, 0.6) is 5.75 Å². The van der Waals surface area contributed by atoms with Crippen LogP contribution in [0.25, 0.3) is 21.3 Å². The summed E-state index contributed by atoms with van der Waals surface area (Å²) in [4.78, 5) is 7.80. The molecule has 1 unspecified atom stereocenters. The minimum absolute atomic E-state index is 0.0597. The Labute approximate surface area is 213 Å². The van der Waals surface area contributed by atoms with Crippen LogP contribution in [0.2, 0.25) is 5.02 Å². The normalized spacial score (nSPS) is 14.2. The average Bonchev–Trinajstić information content (AvgIpc) is 3.46. The minimum atomic E-state index is -1.11. The third-order valence-corrected chi connectivity index (χ3v) is 6.40. The molecule has 0 bridgehead atoms. The fourth-order valence-electron chi connectivity index (χ4n) is 4.43. The monoisotopic (exact) mass is 498 g/mol. The van der Waals surface area contributed by atoms with E-state index in [0.717, 1.165) is 22.1 Å². The molecule has 0 fully saturated rings. The number of azide groups is 1. The van der Waals surface area contributed by atoms with Gasteiger partial charge in [0.25, 0.3) is 0 Å². The summed E-state index contributed by atoms with van der Waals surface area (Å²) in [7, 11) is 0. The van der Waals surface area contributed by atoms with Gasteiger partial charge in [0.05, 0.1) is 5.02 Å². The number of hydrogen-bond acceptors (Lipinski definition) is 5. The lowest BCUT2D eigenvalue weighted by molar-refractivity contribution is 0.0665. The van der Waals surface area contributed by atoms with Crippen LogP contribution in [-0.4, -0.2) is 17.3 Å². The Hall–Kier alpha value is -4.19. The topological polar surface area (TPSA) is 89.3 Å². The second-order valence-corrected chi connectivity index (χ2v) is 8.90. The van der Waals surface area contributed by atoms with Crippen LogP contribution >= 0.6 is 11.6 Å². The Morgan fingerprint density at radius 2 is 1.75 bits per heavy atom. The first-order chi connectivity index (χ1) is 17.7. The van der Waals surface area contributed by atoms with Crippen molar-refractivity contribution in [2.45, 2.75) is 25.0 Å². The van der Waals surface area contributed by atoms with Gasteiger partial charge in [-0.25, -0.2) is 0 Å². The molecule has 1 atom stereocenters. The van der Waals surface area contributed by atoms with Gasteiger partial charge in [0.15, 0.2) is 0 Å². The van der Waals surface area contributed by atoms with E-state index in [1.54, 1.807) is 6.20 Å². The van der Waals surface area contributed by atoms with Crippen molar-refractivity contribution in [3.8, 4) is 5.75 Å². The number of nitrogens with zero attached hydrogens (tertiary/aromatic N) is 4. The molecule has 0 N–H and O–H groups in total. The number of aromatic nitrogens is 1. The van der Waals surface area contributed by atoms with Gasteiger partial charge >= 0.3 is 0 Å². The lowest BCUT2D eigenvalue weighted by Gasteiger charge is -2.30. The molecule has 3 aromatic carbocycles. The first-order valence-corrected chi connectivity index (χ1v) is 11.8. The summed E-state index contributed by atoms with van der Waals surface area (Å²) < 4.78 is 17.5. The van der Waals surface area contributed by atoms with Crippen molar-refractivity contribution in [3.05, 3.63) is 129 Å². The van der Waals surface area contributed by atoms with E-state index in [4.69, 9.17) is 25.8 Å². The highest BCUT2D eigenvalue weighted by Crippen LogP contribution is 2.41. The number of fused-ring (bicyclic) bond motifs is 1. The van der Waals surface area contributed by atoms with E-state index < -0.39 is 5.54 Å². The van der Waals surface area contributed by atoms with Gasteiger partial charge in [-0.3, -0.25) is 4.98 Å². The van der Waals surface area contributed by atoms with Crippen LogP contribution in [0.3, 0.4) is 0 Å². The highest BCUT2D eigenvalue weighted by atomic mass is 35.5. The SMILES string of the molecule is [N-]=[N+]=NC(Cc1ccccc1)(Cc1cc(Cl)c2cccnc2c1OCc1ccccc1)C1=COCO1. The van der Waals surface area contributed by atoms with Gasteiger partial charge in [-0.15, -0.1) is 0 Å². The molecular formula is C28H23ClN4O3. The van der Waals surface area contributed by atoms with Gasteiger partial charge in [0, 0.05) is 16.5 Å². The third kappa shape index (κ3) is 4.93. The molecule has 4 aromatic rings. The fraction of sp³-hybridized carbons (Fsp3) is 0.179. The molecule has 1 aromatic heterocycles. The van der Waals surface area contributed by atoms with E-state index in [0.29, 0.717) is 35.1 Å². The van der Waals surface area contributed by atoms with Crippen molar-refractivity contribution in [1.29, 1.82) is 0 Å². The smallest absolute Gasteiger partial charge is 0.229 e. The van der Waals surface area contributed by atoms with Crippen LogP contribution in [-0.2, 0) is 28.9 Å². The molecule has 0 aliphatic carbocycles. The van der Waals surface area contributed by atoms with Crippen LogP contribution in [0.1, 0.15) is 16.7 Å². The molecule has 5 rings (SSSR count). The van der Waals surface area contributed by atoms with Gasteiger partial charge in [-0.05, 0) is 53.3 Å². The summed E-state index contributed by atoms with van der Waals surface area (Å²) >= 11 is 6.71. The number of hydrogen-bond donors (Lipinski definition) is 0. The standard InChI is InChI=1S/C28H23ClN4O3/c29-24-14-22(27(26-23(24)12-7-13-31-26)35-17-21-10-5-2-6-11-21)16-28(32-33-30,25-18-34-19-36-25)15-20-8-3-1-4-9-20/h1-14,18H,15-17,19H2. The summed E-state index contributed by atoms with van der Waals surface area (Å²) in [5.74, 6) is 1.04. The summed E-state index contributed by atoms with van der Waals surface area (Å²) in [6.07, 6.45) is 3.88. The van der Waals surface area contributed by atoms with Crippen molar-refractivity contribution in [3.63, 3.8) is 0 Å². The van der Waals surface area contributed by atoms with Crippen molar-refractivity contribution in [1.82, 2.24) is 4.98 Å². The third-order valence-electron chi connectivity index (χ3n) is 6.09. The maximum atomic E-state index is 9.63. The van der Waals surface area contributed by atoms with Gasteiger partial charge in [-0.2, -0.15) is 0 Å². The fourth-order valence-corrected chi connectivity index (χ4v) is 4.71. The summed E-state index contributed by atoms with van der Waals surface area (Å²) in [5.41, 5.74) is 11.9.